The standard InChI is InChI=1S/C20H29NO2/c1-14(20(23)15-6-3-2-4-7-15)21-11-10-19(22)18-12-16-8-5-9-17(16)13-18/h2-4,6-7,14,16-18,20-21,23H,5,8-13H2,1H3. The SMILES string of the molecule is CC(NCCC(=O)C1CC2CCCC2C1)C(O)c1ccccc1. The summed E-state index contributed by atoms with van der Waals surface area (Å²) in [6.45, 7) is 2.64. The van der Waals surface area contributed by atoms with E-state index in [1.807, 2.05) is 37.3 Å². The Hall–Kier alpha value is -1.19. The van der Waals surface area contributed by atoms with Crippen molar-refractivity contribution in [2.75, 3.05) is 6.54 Å². The van der Waals surface area contributed by atoms with E-state index in [0.29, 0.717) is 24.7 Å². The van der Waals surface area contributed by atoms with Crippen LogP contribution in [-0.2, 0) is 4.79 Å². The van der Waals surface area contributed by atoms with E-state index in [9.17, 15) is 9.90 Å². The van der Waals surface area contributed by atoms with Crippen LogP contribution in [0, 0.1) is 17.8 Å². The van der Waals surface area contributed by atoms with E-state index in [0.717, 1.165) is 30.2 Å². The van der Waals surface area contributed by atoms with E-state index in [1.54, 1.807) is 0 Å². The van der Waals surface area contributed by atoms with Gasteiger partial charge in [-0.1, -0.05) is 49.6 Å². The molecule has 3 heteroatoms. The van der Waals surface area contributed by atoms with E-state index in [4.69, 9.17) is 0 Å². The molecule has 0 heterocycles. The molecule has 2 aliphatic carbocycles. The monoisotopic (exact) mass is 315 g/mol. The highest BCUT2D eigenvalue weighted by Crippen LogP contribution is 2.47. The minimum atomic E-state index is -0.530. The highest BCUT2D eigenvalue weighted by Gasteiger charge is 2.39. The molecule has 4 unspecified atom stereocenters. The van der Waals surface area contributed by atoms with Gasteiger partial charge in [0.1, 0.15) is 5.78 Å². The summed E-state index contributed by atoms with van der Waals surface area (Å²) in [5, 5.41) is 13.6. The van der Waals surface area contributed by atoms with E-state index in [1.165, 1.54) is 19.3 Å². The third kappa shape index (κ3) is 4.02. The predicted molar refractivity (Wildman–Crippen MR) is 92.0 cm³/mol. The Morgan fingerprint density at radius 3 is 2.52 bits per heavy atom. The summed E-state index contributed by atoms with van der Waals surface area (Å²) in [6.07, 6.45) is 6.37. The van der Waals surface area contributed by atoms with Crippen molar-refractivity contribution in [3.05, 3.63) is 35.9 Å². The molecule has 0 aromatic heterocycles. The summed E-state index contributed by atoms with van der Waals surface area (Å²) in [7, 11) is 0. The lowest BCUT2D eigenvalue weighted by Gasteiger charge is -2.21. The van der Waals surface area contributed by atoms with Crippen LogP contribution in [0.1, 0.15) is 57.1 Å². The summed E-state index contributed by atoms with van der Waals surface area (Å²) < 4.78 is 0. The van der Waals surface area contributed by atoms with Gasteiger partial charge < -0.3 is 10.4 Å². The molecule has 2 saturated carbocycles. The second-order valence-corrected chi connectivity index (χ2v) is 7.43. The van der Waals surface area contributed by atoms with E-state index in [2.05, 4.69) is 5.32 Å². The van der Waals surface area contributed by atoms with Crippen LogP contribution in [0.2, 0.25) is 0 Å². The lowest BCUT2D eigenvalue weighted by atomic mass is 9.96. The van der Waals surface area contributed by atoms with Crippen LogP contribution in [0.4, 0.5) is 0 Å². The van der Waals surface area contributed by atoms with Gasteiger partial charge in [0, 0.05) is 24.9 Å². The molecule has 0 amide bonds. The highest BCUT2D eigenvalue weighted by atomic mass is 16.3. The Kier molecular flexibility index (Phi) is 5.50. The Morgan fingerprint density at radius 2 is 1.87 bits per heavy atom. The Morgan fingerprint density at radius 1 is 1.22 bits per heavy atom. The zero-order chi connectivity index (χ0) is 16.2. The maximum Gasteiger partial charge on any atom is 0.137 e. The zero-order valence-electron chi connectivity index (χ0n) is 14.1. The van der Waals surface area contributed by atoms with Gasteiger partial charge in [-0.3, -0.25) is 4.79 Å². The summed E-state index contributed by atoms with van der Waals surface area (Å²) in [5.41, 5.74) is 0.919. The third-order valence-corrected chi connectivity index (χ3v) is 5.90. The first-order valence-corrected chi connectivity index (χ1v) is 9.14. The van der Waals surface area contributed by atoms with E-state index < -0.39 is 6.10 Å². The Labute approximate surface area is 139 Å². The normalized spacial score (nSPS) is 29.2. The molecule has 0 bridgehead atoms. The van der Waals surface area contributed by atoms with Gasteiger partial charge in [-0.2, -0.15) is 0 Å². The molecule has 0 aliphatic heterocycles. The number of hydrogen-bond acceptors (Lipinski definition) is 3. The lowest BCUT2D eigenvalue weighted by molar-refractivity contribution is -0.122. The molecular formula is C20H29NO2. The number of benzene rings is 1. The van der Waals surface area contributed by atoms with Gasteiger partial charge in [0.15, 0.2) is 0 Å². The second-order valence-electron chi connectivity index (χ2n) is 7.43. The van der Waals surface area contributed by atoms with Crippen molar-refractivity contribution in [3.8, 4) is 0 Å². The molecule has 4 atom stereocenters. The summed E-state index contributed by atoms with van der Waals surface area (Å²) in [4.78, 5) is 12.4. The van der Waals surface area contributed by atoms with Crippen molar-refractivity contribution in [2.24, 2.45) is 17.8 Å². The first kappa shape index (κ1) is 16.7. The van der Waals surface area contributed by atoms with Crippen LogP contribution in [0.15, 0.2) is 30.3 Å². The van der Waals surface area contributed by atoms with Crippen LogP contribution in [0.3, 0.4) is 0 Å². The number of nitrogens with one attached hydrogen (secondary N) is 1. The van der Waals surface area contributed by atoms with Gasteiger partial charge in [0.2, 0.25) is 0 Å². The van der Waals surface area contributed by atoms with Gasteiger partial charge in [-0.15, -0.1) is 0 Å². The van der Waals surface area contributed by atoms with Crippen molar-refractivity contribution < 1.29 is 9.90 Å². The number of carbonyl (C=O) groups is 1. The Bertz CT molecular complexity index is 504. The number of aliphatic hydroxyl groups is 1. The fourth-order valence-electron chi connectivity index (χ4n) is 4.50. The number of aliphatic hydroxyl groups excluding tert-OH is 1. The molecule has 2 N–H and O–H groups in total. The molecule has 1 aromatic carbocycles. The van der Waals surface area contributed by atoms with Crippen molar-refractivity contribution >= 4 is 5.78 Å². The minimum absolute atomic E-state index is 0.0480. The quantitative estimate of drug-likeness (QED) is 0.810. The number of carbonyl (C=O) groups excluding carboxylic acids is 1. The van der Waals surface area contributed by atoms with Crippen LogP contribution < -0.4 is 5.32 Å². The van der Waals surface area contributed by atoms with Crippen molar-refractivity contribution in [3.63, 3.8) is 0 Å². The highest BCUT2D eigenvalue weighted by molar-refractivity contribution is 5.81. The molecule has 0 radical (unpaired) electrons. The van der Waals surface area contributed by atoms with Crippen molar-refractivity contribution in [1.82, 2.24) is 5.32 Å². The number of fused-ring (bicyclic) bond motifs is 1. The Balaban J connectivity index is 1.40. The van der Waals surface area contributed by atoms with Gasteiger partial charge in [-0.25, -0.2) is 0 Å². The summed E-state index contributed by atoms with van der Waals surface area (Å²) >= 11 is 0. The van der Waals surface area contributed by atoms with Gasteiger partial charge in [0.05, 0.1) is 6.10 Å². The minimum Gasteiger partial charge on any atom is -0.387 e. The number of Topliss-reactive ketones (excluding diaryl/α,β-unsaturated/α-hetero) is 1. The fraction of sp³-hybridized carbons (Fsp3) is 0.650. The average molecular weight is 315 g/mol. The van der Waals surface area contributed by atoms with Crippen molar-refractivity contribution in [1.29, 1.82) is 0 Å². The largest absolute Gasteiger partial charge is 0.387 e. The molecule has 3 nitrogen and oxygen atoms in total. The van der Waals surface area contributed by atoms with Crippen LogP contribution >= 0.6 is 0 Å². The van der Waals surface area contributed by atoms with E-state index >= 15 is 0 Å². The third-order valence-electron chi connectivity index (χ3n) is 5.90. The number of ketones is 1. The van der Waals surface area contributed by atoms with Crippen molar-refractivity contribution in [2.45, 2.75) is 57.6 Å². The maximum atomic E-state index is 12.4. The lowest BCUT2D eigenvalue weighted by Crippen LogP contribution is -2.34. The molecule has 0 saturated heterocycles. The molecular weight excluding hydrogens is 286 g/mol. The number of rotatable bonds is 7. The van der Waals surface area contributed by atoms with Gasteiger partial charge in [-0.05, 0) is 37.2 Å². The number of hydrogen-bond donors (Lipinski definition) is 2. The van der Waals surface area contributed by atoms with E-state index in [-0.39, 0.29) is 6.04 Å². The fourth-order valence-corrected chi connectivity index (χ4v) is 4.50. The van der Waals surface area contributed by atoms with Gasteiger partial charge in [0.25, 0.3) is 0 Å². The average Bonchev–Trinajstić information content (AvgIpc) is 3.16. The molecule has 2 fully saturated rings. The maximum absolute atomic E-state index is 12.4. The molecule has 0 spiro atoms. The topological polar surface area (TPSA) is 49.3 Å². The summed E-state index contributed by atoms with van der Waals surface area (Å²) in [6, 6.07) is 9.64. The zero-order valence-corrected chi connectivity index (χ0v) is 14.1. The first-order valence-electron chi connectivity index (χ1n) is 9.14. The molecule has 2 aliphatic rings. The molecule has 126 valence electrons. The molecule has 1 aromatic rings. The van der Waals surface area contributed by atoms with Crippen LogP contribution in [0.25, 0.3) is 0 Å². The van der Waals surface area contributed by atoms with Crippen LogP contribution in [-0.4, -0.2) is 23.5 Å². The van der Waals surface area contributed by atoms with Gasteiger partial charge >= 0.3 is 0 Å². The summed E-state index contributed by atoms with van der Waals surface area (Å²) in [5.74, 6) is 2.39. The second kappa shape index (κ2) is 7.59. The molecule has 3 rings (SSSR count). The smallest absolute Gasteiger partial charge is 0.137 e. The molecule has 23 heavy (non-hydrogen) atoms. The van der Waals surface area contributed by atoms with Crippen LogP contribution in [0.5, 0.6) is 0 Å². The predicted octanol–water partition coefficient (Wildman–Crippen LogP) is 3.48. The first-order chi connectivity index (χ1) is 11.1.